The van der Waals surface area contributed by atoms with Crippen LogP contribution in [0, 0.1) is 20.8 Å². The third-order valence-corrected chi connectivity index (χ3v) is 5.21. The standard InChI is InChI=1S/C20H24N6O/c1-14-19(15(2)23-22-14)24-9-11-25(12-10-24)20(27)18-13-21-26(16(18)3)17-7-5-4-6-8-17/h4-8,13H,9-12H2,1-3H3,(H,22,23). The molecule has 0 saturated carbocycles. The maximum Gasteiger partial charge on any atom is 0.257 e. The van der Waals surface area contributed by atoms with Crippen LogP contribution in [0.15, 0.2) is 36.5 Å². The lowest BCUT2D eigenvalue weighted by molar-refractivity contribution is 0.0746. The van der Waals surface area contributed by atoms with E-state index in [2.05, 4.69) is 20.2 Å². The summed E-state index contributed by atoms with van der Waals surface area (Å²) in [4.78, 5) is 17.2. The number of carbonyl (C=O) groups is 1. The van der Waals surface area contributed by atoms with E-state index in [0.29, 0.717) is 18.7 Å². The fourth-order valence-electron chi connectivity index (χ4n) is 3.76. The lowest BCUT2D eigenvalue weighted by atomic mass is 10.2. The molecule has 2 aromatic heterocycles. The second kappa shape index (κ2) is 6.90. The van der Waals surface area contributed by atoms with Gasteiger partial charge in [-0.15, -0.1) is 0 Å². The van der Waals surface area contributed by atoms with Gasteiger partial charge >= 0.3 is 0 Å². The third kappa shape index (κ3) is 3.09. The van der Waals surface area contributed by atoms with Gasteiger partial charge in [0.25, 0.3) is 5.91 Å². The van der Waals surface area contributed by atoms with Crippen LogP contribution in [0.25, 0.3) is 5.69 Å². The van der Waals surface area contributed by atoms with Crippen LogP contribution >= 0.6 is 0 Å². The number of piperazine rings is 1. The molecule has 1 amide bonds. The number of H-pyrrole nitrogens is 1. The van der Waals surface area contributed by atoms with Gasteiger partial charge in [0.2, 0.25) is 0 Å². The first-order valence-corrected chi connectivity index (χ1v) is 9.22. The Bertz CT molecular complexity index is 931. The second-order valence-corrected chi connectivity index (χ2v) is 6.95. The van der Waals surface area contributed by atoms with Crippen LogP contribution in [-0.2, 0) is 0 Å². The van der Waals surface area contributed by atoms with Crippen LogP contribution in [0.1, 0.15) is 27.4 Å². The number of rotatable bonds is 3. The summed E-state index contributed by atoms with van der Waals surface area (Å²) in [7, 11) is 0. The van der Waals surface area contributed by atoms with Gasteiger partial charge in [-0.3, -0.25) is 9.89 Å². The van der Waals surface area contributed by atoms with Crippen LogP contribution in [0.4, 0.5) is 5.69 Å². The van der Waals surface area contributed by atoms with Crippen LogP contribution in [0.5, 0.6) is 0 Å². The number of aryl methyl sites for hydroxylation is 2. The zero-order valence-corrected chi connectivity index (χ0v) is 15.9. The molecular formula is C20H24N6O. The smallest absolute Gasteiger partial charge is 0.257 e. The van der Waals surface area contributed by atoms with E-state index in [1.165, 1.54) is 0 Å². The summed E-state index contributed by atoms with van der Waals surface area (Å²) in [5, 5.41) is 11.7. The first kappa shape index (κ1) is 17.3. The quantitative estimate of drug-likeness (QED) is 0.775. The van der Waals surface area contributed by atoms with E-state index in [-0.39, 0.29) is 5.91 Å². The fraction of sp³-hybridized carbons (Fsp3) is 0.350. The molecule has 0 bridgehead atoms. The molecule has 4 rings (SSSR count). The Morgan fingerprint density at radius 2 is 1.74 bits per heavy atom. The molecule has 0 aliphatic carbocycles. The number of nitrogens with zero attached hydrogens (tertiary/aromatic N) is 5. The SMILES string of the molecule is Cc1n[nH]c(C)c1N1CCN(C(=O)c2cnn(-c3ccccc3)c2C)CC1. The van der Waals surface area contributed by atoms with Crippen molar-refractivity contribution in [2.24, 2.45) is 0 Å². The predicted molar refractivity (Wildman–Crippen MR) is 104 cm³/mol. The number of hydrogen-bond donors (Lipinski definition) is 1. The number of hydrogen-bond acceptors (Lipinski definition) is 4. The number of amides is 1. The number of anilines is 1. The highest BCUT2D eigenvalue weighted by Gasteiger charge is 2.26. The van der Waals surface area contributed by atoms with E-state index in [1.54, 1.807) is 6.20 Å². The molecule has 1 fully saturated rings. The molecule has 0 atom stereocenters. The number of carbonyl (C=O) groups excluding carboxylic acids is 1. The monoisotopic (exact) mass is 364 g/mol. The van der Waals surface area contributed by atoms with Crippen molar-refractivity contribution in [2.75, 3.05) is 31.1 Å². The van der Waals surface area contributed by atoms with Gasteiger partial charge in [0, 0.05) is 26.2 Å². The molecule has 0 spiro atoms. The molecule has 0 unspecified atom stereocenters. The molecule has 7 nitrogen and oxygen atoms in total. The summed E-state index contributed by atoms with van der Waals surface area (Å²) in [6.45, 7) is 8.99. The Balaban J connectivity index is 1.48. The molecule has 7 heteroatoms. The summed E-state index contributed by atoms with van der Waals surface area (Å²) in [5.41, 5.74) is 5.75. The van der Waals surface area contributed by atoms with E-state index >= 15 is 0 Å². The molecule has 1 N–H and O–H groups in total. The van der Waals surface area contributed by atoms with Crippen LogP contribution < -0.4 is 4.90 Å². The summed E-state index contributed by atoms with van der Waals surface area (Å²) in [6.07, 6.45) is 1.68. The molecule has 140 valence electrons. The van der Waals surface area contributed by atoms with Crippen LogP contribution in [0.2, 0.25) is 0 Å². The number of para-hydroxylation sites is 1. The van der Waals surface area contributed by atoms with Crippen molar-refractivity contribution in [1.82, 2.24) is 24.9 Å². The Labute approximate surface area is 158 Å². The molecule has 1 aliphatic heterocycles. The zero-order chi connectivity index (χ0) is 19.0. The van der Waals surface area contributed by atoms with Gasteiger partial charge in [-0.05, 0) is 32.9 Å². The average molecular weight is 364 g/mol. The Morgan fingerprint density at radius 3 is 2.37 bits per heavy atom. The summed E-state index contributed by atoms with van der Waals surface area (Å²) in [6, 6.07) is 9.89. The molecule has 1 saturated heterocycles. The van der Waals surface area contributed by atoms with Gasteiger partial charge in [-0.2, -0.15) is 10.2 Å². The van der Waals surface area contributed by atoms with Crippen molar-refractivity contribution < 1.29 is 4.79 Å². The maximum absolute atomic E-state index is 13.0. The Morgan fingerprint density at radius 1 is 1.04 bits per heavy atom. The van der Waals surface area contributed by atoms with E-state index < -0.39 is 0 Å². The minimum Gasteiger partial charge on any atom is -0.365 e. The lowest BCUT2D eigenvalue weighted by Crippen LogP contribution is -2.49. The highest BCUT2D eigenvalue weighted by Crippen LogP contribution is 2.24. The molecule has 3 aromatic rings. The largest absolute Gasteiger partial charge is 0.365 e. The normalized spacial score (nSPS) is 14.6. The van der Waals surface area contributed by atoms with Gasteiger partial charge in [-0.25, -0.2) is 4.68 Å². The molecule has 3 heterocycles. The number of aromatic nitrogens is 4. The van der Waals surface area contributed by atoms with Gasteiger partial charge in [-0.1, -0.05) is 18.2 Å². The van der Waals surface area contributed by atoms with Crippen molar-refractivity contribution in [3.05, 3.63) is 59.2 Å². The van der Waals surface area contributed by atoms with E-state index in [0.717, 1.165) is 41.5 Å². The van der Waals surface area contributed by atoms with Crippen molar-refractivity contribution in [2.45, 2.75) is 20.8 Å². The first-order valence-electron chi connectivity index (χ1n) is 9.22. The fourth-order valence-corrected chi connectivity index (χ4v) is 3.76. The van der Waals surface area contributed by atoms with Crippen molar-refractivity contribution in [1.29, 1.82) is 0 Å². The average Bonchev–Trinajstić information content (AvgIpc) is 3.24. The van der Waals surface area contributed by atoms with Gasteiger partial charge in [0.1, 0.15) is 0 Å². The predicted octanol–water partition coefficient (Wildman–Crippen LogP) is 2.48. The number of nitrogens with one attached hydrogen (secondary N) is 1. The van der Waals surface area contributed by atoms with E-state index in [4.69, 9.17) is 0 Å². The van der Waals surface area contributed by atoms with Crippen molar-refractivity contribution >= 4 is 11.6 Å². The first-order chi connectivity index (χ1) is 13.1. The third-order valence-electron chi connectivity index (χ3n) is 5.21. The summed E-state index contributed by atoms with van der Waals surface area (Å²) >= 11 is 0. The molecular weight excluding hydrogens is 340 g/mol. The Hall–Kier alpha value is -3.09. The summed E-state index contributed by atoms with van der Waals surface area (Å²) < 4.78 is 1.82. The maximum atomic E-state index is 13.0. The van der Waals surface area contributed by atoms with Crippen molar-refractivity contribution in [3.63, 3.8) is 0 Å². The second-order valence-electron chi connectivity index (χ2n) is 6.95. The van der Waals surface area contributed by atoms with Crippen LogP contribution in [0.3, 0.4) is 0 Å². The highest BCUT2D eigenvalue weighted by atomic mass is 16.2. The highest BCUT2D eigenvalue weighted by molar-refractivity contribution is 5.95. The zero-order valence-electron chi connectivity index (χ0n) is 15.9. The molecule has 1 aliphatic rings. The van der Waals surface area contributed by atoms with Gasteiger partial charge in [0.15, 0.2) is 0 Å². The summed E-state index contributed by atoms with van der Waals surface area (Å²) in [5.74, 6) is 0.0509. The molecule has 27 heavy (non-hydrogen) atoms. The van der Waals surface area contributed by atoms with E-state index in [9.17, 15) is 4.79 Å². The van der Waals surface area contributed by atoms with E-state index in [1.807, 2.05) is 60.7 Å². The van der Waals surface area contributed by atoms with Crippen molar-refractivity contribution in [3.8, 4) is 5.69 Å². The van der Waals surface area contributed by atoms with Gasteiger partial charge < -0.3 is 9.80 Å². The minimum atomic E-state index is 0.0509. The van der Waals surface area contributed by atoms with Gasteiger partial charge in [0.05, 0.1) is 40.2 Å². The number of benzene rings is 1. The molecule has 1 aromatic carbocycles. The topological polar surface area (TPSA) is 70.1 Å². The number of aromatic amines is 1. The molecule has 0 radical (unpaired) electrons. The minimum absolute atomic E-state index is 0.0509. The Kier molecular flexibility index (Phi) is 4.43. The lowest BCUT2D eigenvalue weighted by Gasteiger charge is -2.36. The van der Waals surface area contributed by atoms with Crippen LogP contribution in [-0.4, -0.2) is 57.0 Å².